The Morgan fingerprint density at radius 2 is 2.08 bits per heavy atom. The first-order valence-corrected chi connectivity index (χ1v) is 8.44. The number of allylic oxidation sites excluding steroid dienone is 1. The van der Waals surface area contributed by atoms with E-state index in [9.17, 15) is 19.5 Å². The number of nitrogens with one attached hydrogen (secondary N) is 1. The predicted molar refractivity (Wildman–Crippen MR) is 90.0 cm³/mol. The molecule has 0 radical (unpaired) electrons. The Kier molecular flexibility index (Phi) is 4.44. The van der Waals surface area contributed by atoms with Crippen molar-refractivity contribution in [3.05, 3.63) is 59.8 Å². The molecule has 2 aliphatic rings. The predicted octanol–water partition coefficient (Wildman–Crippen LogP) is 1.15. The quantitative estimate of drug-likeness (QED) is 0.783. The minimum Gasteiger partial charge on any atom is -0.477 e. The normalized spacial score (nSPS) is 22.5. The fourth-order valence-corrected chi connectivity index (χ4v) is 4.15. The first kappa shape index (κ1) is 16.3. The van der Waals surface area contributed by atoms with E-state index in [1.807, 2.05) is 30.3 Å². The van der Waals surface area contributed by atoms with Crippen molar-refractivity contribution in [2.75, 3.05) is 5.75 Å². The van der Waals surface area contributed by atoms with Crippen LogP contribution in [0.3, 0.4) is 0 Å². The minimum absolute atomic E-state index is 0.0349. The first-order valence-electron chi connectivity index (χ1n) is 7.39. The summed E-state index contributed by atoms with van der Waals surface area (Å²) in [4.78, 5) is 37.1. The average molecular weight is 344 g/mol. The number of hydrogen-bond donors (Lipinski definition) is 2. The van der Waals surface area contributed by atoms with Crippen LogP contribution < -0.4 is 5.32 Å². The largest absolute Gasteiger partial charge is 0.477 e. The molecule has 2 amide bonds. The molecule has 3 rings (SSSR count). The van der Waals surface area contributed by atoms with E-state index in [1.54, 1.807) is 0 Å². The third-order valence-electron chi connectivity index (χ3n) is 3.97. The Hall–Kier alpha value is -2.54. The van der Waals surface area contributed by atoms with Crippen LogP contribution in [0.25, 0.3) is 0 Å². The molecule has 7 heteroatoms. The zero-order valence-corrected chi connectivity index (χ0v) is 13.6. The first-order chi connectivity index (χ1) is 11.5. The molecule has 2 N–H and O–H groups in total. The van der Waals surface area contributed by atoms with Crippen LogP contribution in [-0.4, -0.2) is 45.0 Å². The molecule has 1 aromatic carbocycles. The molecule has 1 aromatic rings. The number of amides is 2. The summed E-state index contributed by atoms with van der Waals surface area (Å²) in [5, 5.41) is 11.7. The molecule has 0 bridgehead atoms. The van der Waals surface area contributed by atoms with Crippen molar-refractivity contribution >= 4 is 29.5 Å². The van der Waals surface area contributed by atoms with Crippen LogP contribution in [0.4, 0.5) is 0 Å². The molecule has 1 fully saturated rings. The summed E-state index contributed by atoms with van der Waals surface area (Å²) in [6.07, 6.45) is 1.64. The summed E-state index contributed by atoms with van der Waals surface area (Å²) in [6.45, 7) is 3.60. The monoisotopic (exact) mass is 344 g/mol. The number of fused-ring (bicyclic) bond motifs is 1. The molecule has 0 aromatic heterocycles. The van der Waals surface area contributed by atoms with Crippen LogP contribution in [0.15, 0.2) is 54.3 Å². The molecule has 0 spiro atoms. The van der Waals surface area contributed by atoms with Gasteiger partial charge in [-0.3, -0.25) is 14.5 Å². The summed E-state index contributed by atoms with van der Waals surface area (Å²) in [5.74, 6) is -1.36. The zero-order chi connectivity index (χ0) is 17.3. The van der Waals surface area contributed by atoms with Gasteiger partial charge in [0.15, 0.2) is 0 Å². The van der Waals surface area contributed by atoms with Crippen molar-refractivity contribution in [1.82, 2.24) is 10.2 Å². The topological polar surface area (TPSA) is 86.7 Å². The van der Waals surface area contributed by atoms with Gasteiger partial charge in [-0.1, -0.05) is 43.0 Å². The lowest BCUT2D eigenvalue weighted by Gasteiger charge is -2.49. The second-order valence-corrected chi connectivity index (χ2v) is 6.61. The maximum Gasteiger partial charge on any atom is 0.352 e. The zero-order valence-electron chi connectivity index (χ0n) is 12.8. The van der Waals surface area contributed by atoms with Crippen LogP contribution in [0.5, 0.6) is 0 Å². The molecule has 124 valence electrons. The van der Waals surface area contributed by atoms with Crippen LogP contribution in [0.1, 0.15) is 5.56 Å². The standard InChI is InChI=1S/C17H16N2O4S/c1-2-11-9-24-16-13(15(21)19(16)14(11)17(22)23)18-12(20)8-10-6-4-3-5-7-10/h2-7,13,16H,1,8-9H2,(H,18,20)(H,22,23)/t13?,16-/m0/s1. The smallest absolute Gasteiger partial charge is 0.352 e. The Morgan fingerprint density at radius 3 is 2.71 bits per heavy atom. The van der Waals surface area contributed by atoms with Gasteiger partial charge < -0.3 is 10.4 Å². The number of carbonyl (C=O) groups excluding carboxylic acids is 2. The van der Waals surface area contributed by atoms with E-state index in [4.69, 9.17) is 0 Å². The maximum absolute atomic E-state index is 12.3. The number of aliphatic carboxylic acids is 1. The van der Waals surface area contributed by atoms with Crippen molar-refractivity contribution in [2.24, 2.45) is 0 Å². The van der Waals surface area contributed by atoms with E-state index < -0.39 is 17.9 Å². The lowest BCUT2D eigenvalue weighted by Crippen LogP contribution is -2.70. The molecule has 0 aliphatic carbocycles. The number of hydrogen-bond acceptors (Lipinski definition) is 4. The van der Waals surface area contributed by atoms with Gasteiger partial charge >= 0.3 is 5.97 Å². The molecular weight excluding hydrogens is 328 g/mol. The van der Waals surface area contributed by atoms with Crippen LogP contribution in [0.2, 0.25) is 0 Å². The van der Waals surface area contributed by atoms with E-state index in [1.165, 1.54) is 22.7 Å². The molecule has 2 heterocycles. The highest BCUT2D eigenvalue weighted by Crippen LogP contribution is 2.40. The van der Waals surface area contributed by atoms with Gasteiger partial charge in [-0.25, -0.2) is 4.79 Å². The fraction of sp³-hybridized carbons (Fsp3) is 0.235. The van der Waals surface area contributed by atoms with Gasteiger partial charge in [0.2, 0.25) is 5.91 Å². The summed E-state index contributed by atoms with van der Waals surface area (Å²) in [6, 6.07) is 8.54. The van der Waals surface area contributed by atoms with Crippen molar-refractivity contribution < 1.29 is 19.5 Å². The van der Waals surface area contributed by atoms with E-state index in [0.717, 1.165) is 5.56 Å². The van der Waals surface area contributed by atoms with Crippen LogP contribution in [-0.2, 0) is 20.8 Å². The van der Waals surface area contributed by atoms with Gasteiger partial charge in [-0.2, -0.15) is 0 Å². The van der Waals surface area contributed by atoms with Crippen LogP contribution in [0, 0.1) is 0 Å². The Morgan fingerprint density at radius 1 is 1.38 bits per heavy atom. The van der Waals surface area contributed by atoms with Gasteiger partial charge in [0.25, 0.3) is 5.91 Å². The van der Waals surface area contributed by atoms with E-state index in [2.05, 4.69) is 11.9 Å². The number of benzene rings is 1. The van der Waals surface area contributed by atoms with Crippen LogP contribution >= 0.6 is 11.8 Å². The molecule has 6 nitrogen and oxygen atoms in total. The number of nitrogens with zero attached hydrogens (tertiary/aromatic N) is 1. The highest BCUT2D eigenvalue weighted by Gasteiger charge is 2.53. The number of carboxylic acid groups (broad SMARTS) is 1. The Labute approximate surface area is 143 Å². The lowest BCUT2D eigenvalue weighted by molar-refractivity contribution is -0.150. The average Bonchev–Trinajstić information content (AvgIpc) is 2.58. The van der Waals surface area contributed by atoms with Crippen molar-refractivity contribution in [2.45, 2.75) is 17.8 Å². The number of thioether (sulfide) groups is 1. The molecular formula is C17H16N2O4S. The Bertz CT molecular complexity index is 744. The van der Waals surface area contributed by atoms with E-state index >= 15 is 0 Å². The minimum atomic E-state index is -1.15. The summed E-state index contributed by atoms with van der Waals surface area (Å²) in [5.41, 5.74) is 1.34. The van der Waals surface area contributed by atoms with Gasteiger partial charge in [-0.15, -0.1) is 11.8 Å². The van der Waals surface area contributed by atoms with E-state index in [0.29, 0.717) is 11.3 Å². The molecule has 24 heavy (non-hydrogen) atoms. The third kappa shape index (κ3) is 2.82. The molecule has 2 atom stereocenters. The summed E-state index contributed by atoms with van der Waals surface area (Å²) >= 11 is 1.42. The highest BCUT2D eigenvalue weighted by molar-refractivity contribution is 8.00. The molecule has 1 saturated heterocycles. The number of rotatable bonds is 5. The van der Waals surface area contributed by atoms with Gasteiger partial charge in [0.1, 0.15) is 17.1 Å². The van der Waals surface area contributed by atoms with Crippen molar-refractivity contribution in [3.8, 4) is 0 Å². The fourth-order valence-electron chi connectivity index (χ4n) is 2.81. The number of β-lactam (4-membered cyclic amide) rings is 1. The number of carbonyl (C=O) groups is 3. The van der Waals surface area contributed by atoms with Crippen molar-refractivity contribution in [1.29, 1.82) is 0 Å². The second-order valence-electron chi connectivity index (χ2n) is 5.50. The SMILES string of the molecule is C=CC1=C(C(=O)O)N2C(=O)C(NC(=O)Cc3ccccc3)[C@@H]2SC1. The molecule has 2 aliphatic heterocycles. The third-order valence-corrected chi connectivity index (χ3v) is 5.27. The van der Waals surface area contributed by atoms with Gasteiger partial charge in [-0.05, 0) is 11.1 Å². The van der Waals surface area contributed by atoms with E-state index in [-0.39, 0.29) is 23.4 Å². The maximum atomic E-state index is 12.3. The lowest BCUT2D eigenvalue weighted by atomic mass is 10.0. The summed E-state index contributed by atoms with van der Waals surface area (Å²) < 4.78 is 0. The highest BCUT2D eigenvalue weighted by atomic mass is 32.2. The number of carboxylic acids is 1. The van der Waals surface area contributed by atoms with Gasteiger partial charge in [0, 0.05) is 5.75 Å². The molecule has 1 unspecified atom stereocenters. The van der Waals surface area contributed by atoms with Gasteiger partial charge in [0.05, 0.1) is 6.42 Å². The molecule has 0 saturated carbocycles. The Balaban J connectivity index is 1.70. The van der Waals surface area contributed by atoms with Crippen molar-refractivity contribution in [3.63, 3.8) is 0 Å². The summed E-state index contributed by atoms with van der Waals surface area (Å²) in [7, 11) is 0. The second kappa shape index (κ2) is 6.52.